The molecule has 0 aliphatic heterocycles. The number of benzene rings is 1. The maximum Gasteiger partial charge on any atom is 0.323 e. The number of hydrogen-bond acceptors (Lipinski definition) is 5. The molecule has 1 aromatic carbocycles. The van der Waals surface area contributed by atoms with Gasteiger partial charge in [0.05, 0.1) is 10.5 Å². The van der Waals surface area contributed by atoms with Crippen LogP contribution in [0.25, 0.3) is 0 Å². The van der Waals surface area contributed by atoms with Gasteiger partial charge in [0.25, 0.3) is 5.69 Å². The summed E-state index contributed by atoms with van der Waals surface area (Å²) in [5, 5.41) is 28.8. The Hall–Kier alpha value is -1.99. The van der Waals surface area contributed by atoms with E-state index in [0.717, 1.165) is 0 Å². The fourth-order valence-electron chi connectivity index (χ4n) is 1.23. The zero-order valence-electron chi connectivity index (χ0n) is 8.11. The van der Waals surface area contributed by atoms with Crippen LogP contribution in [0.15, 0.2) is 24.3 Å². The topological polar surface area (TPSA) is 127 Å². The monoisotopic (exact) mass is 226 g/mol. The lowest BCUT2D eigenvalue weighted by Crippen LogP contribution is -2.36. The zero-order valence-corrected chi connectivity index (χ0v) is 8.11. The Kier molecular flexibility index (Phi) is 3.54. The van der Waals surface area contributed by atoms with Crippen LogP contribution in [0.5, 0.6) is 0 Å². The van der Waals surface area contributed by atoms with E-state index in [2.05, 4.69) is 0 Å². The van der Waals surface area contributed by atoms with Gasteiger partial charge in [0, 0.05) is 6.07 Å². The van der Waals surface area contributed by atoms with Gasteiger partial charge in [-0.05, 0) is 6.07 Å². The number of aliphatic hydroxyl groups is 1. The molecule has 0 unspecified atom stereocenters. The molecular formula is C9H10N2O5. The Morgan fingerprint density at radius 1 is 1.44 bits per heavy atom. The second kappa shape index (κ2) is 4.69. The standard InChI is InChI=1S/C9H10N2O5/c10-7(9(13)14)8(12)5-3-1-2-4-6(5)11(15)16/h1-4,7-8,12H,10H2,(H,13,14)/t7-,8+/m1/s1. The lowest BCUT2D eigenvalue weighted by molar-refractivity contribution is -0.386. The van der Waals surface area contributed by atoms with E-state index in [0.29, 0.717) is 0 Å². The van der Waals surface area contributed by atoms with Gasteiger partial charge in [-0.3, -0.25) is 14.9 Å². The number of nitrogens with two attached hydrogens (primary N) is 1. The molecule has 0 saturated heterocycles. The highest BCUT2D eigenvalue weighted by molar-refractivity contribution is 5.74. The normalized spacial score (nSPS) is 14.1. The maximum atomic E-state index is 10.6. The molecule has 7 heteroatoms. The summed E-state index contributed by atoms with van der Waals surface area (Å²) >= 11 is 0. The van der Waals surface area contributed by atoms with Crippen LogP contribution in [0.1, 0.15) is 11.7 Å². The predicted molar refractivity (Wildman–Crippen MR) is 53.7 cm³/mol. The number of hydrogen-bond donors (Lipinski definition) is 3. The zero-order chi connectivity index (χ0) is 12.3. The molecule has 0 aliphatic rings. The van der Waals surface area contributed by atoms with Crippen LogP contribution in [-0.4, -0.2) is 27.1 Å². The molecule has 0 heterocycles. The van der Waals surface area contributed by atoms with Crippen molar-refractivity contribution in [2.45, 2.75) is 12.1 Å². The first-order valence-corrected chi connectivity index (χ1v) is 4.35. The second-order valence-electron chi connectivity index (χ2n) is 3.12. The van der Waals surface area contributed by atoms with E-state index in [1.807, 2.05) is 0 Å². The summed E-state index contributed by atoms with van der Waals surface area (Å²) in [6, 6.07) is 3.72. The Morgan fingerprint density at radius 3 is 2.50 bits per heavy atom. The van der Waals surface area contributed by atoms with E-state index in [4.69, 9.17) is 10.8 Å². The third kappa shape index (κ3) is 2.33. The van der Waals surface area contributed by atoms with E-state index in [9.17, 15) is 20.0 Å². The van der Waals surface area contributed by atoms with Gasteiger partial charge in [0.2, 0.25) is 0 Å². The average Bonchev–Trinajstić information content (AvgIpc) is 2.26. The van der Waals surface area contributed by atoms with E-state index < -0.39 is 23.0 Å². The summed E-state index contributed by atoms with van der Waals surface area (Å²) in [5.74, 6) is -1.43. The number of nitro benzene ring substituents is 1. The van der Waals surface area contributed by atoms with Crippen LogP contribution < -0.4 is 5.73 Å². The number of nitro groups is 1. The molecule has 1 rings (SSSR count). The van der Waals surface area contributed by atoms with Crippen molar-refractivity contribution in [2.24, 2.45) is 5.73 Å². The quantitative estimate of drug-likeness (QED) is 0.491. The minimum absolute atomic E-state index is 0.109. The van der Waals surface area contributed by atoms with Crippen LogP contribution in [0.3, 0.4) is 0 Å². The molecule has 1 aromatic rings. The Labute approximate surface area is 90.3 Å². The number of aliphatic hydroxyl groups excluding tert-OH is 1. The molecule has 0 spiro atoms. The van der Waals surface area contributed by atoms with Crippen molar-refractivity contribution in [1.82, 2.24) is 0 Å². The predicted octanol–water partition coefficient (Wildman–Crippen LogP) is 0.0401. The van der Waals surface area contributed by atoms with Gasteiger partial charge >= 0.3 is 5.97 Å². The number of nitrogens with zero attached hydrogens (tertiary/aromatic N) is 1. The van der Waals surface area contributed by atoms with Crippen LogP contribution in [0.4, 0.5) is 5.69 Å². The Balaban J connectivity index is 3.12. The van der Waals surface area contributed by atoms with Gasteiger partial charge in [-0.25, -0.2) is 0 Å². The fourth-order valence-corrected chi connectivity index (χ4v) is 1.23. The Morgan fingerprint density at radius 2 is 2.00 bits per heavy atom. The smallest absolute Gasteiger partial charge is 0.323 e. The van der Waals surface area contributed by atoms with Crippen molar-refractivity contribution >= 4 is 11.7 Å². The summed E-state index contributed by atoms with van der Waals surface area (Å²) in [6.45, 7) is 0. The van der Waals surface area contributed by atoms with E-state index >= 15 is 0 Å². The number of para-hydroxylation sites is 1. The molecule has 2 atom stereocenters. The molecule has 0 fully saturated rings. The first-order chi connectivity index (χ1) is 7.45. The summed E-state index contributed by atoms with van der Waals surface area (Å²) in [7, 11) is 0. The molecule has 16 heavy (non-hydrogen) atoms. The molecule has 0 amide bonds. The van der Waals surface area contributed by atoms with Crippen molar-refractivity contribution in [3.8, 4) is 0 Å². The SMILES string of the molecule is N[C@@H](C(=O)O)[C@@H](O)c1ccccc1[N+](=O)[O-]. The van der Waals surface area contributed by atoms with Crippen molar-refractivity contribution in [3.63, 3.8) is 0 Å². The lowest BCUT2D eigenvalue weighted by Gasteiger charge is -2.14. The molecule has 0 bridgehead atoms. The highest BCUT2D eigenvalue weighted by atomic mass is 16.6. The molecular weight excluding hydrogens is 216 g/mol. The van der Waals surface area contributed by atoms with Crippen molar-refractivity contribution in [2.75, 3.05) is 0 Å². The van der Waals surface area contributed by atoms with E-state index in [1.165, 1.54) is 24.3 Å². The van der Waals surface area contributed by atoms with Crippen LogP contribution >= 0.6 is 0 Å². The van der Waals surface area contributed by atoms with Crippen molar-refractivity contribution < 1.29 is 19.9 Å². The van der Waals surface area contributed by atoms with Gasteiger partial charge < -0.3 is 15.9 Å². The first-order valence-electron chi connectivity index (χ1n) is 4.35. The third-order valence-corrected chi connectivity index (χ3v) is 2.08. The van der Waals surface area contributed by atoms with Crippen molar-refractivity contribution in [3.05, 3.63) is 39.9 Å². The third-order valence-electron chi connectivity index (χ3n) is 2.08. The van der Waals surface area contributed by atoms with E-state index in [1.54, 1.807) is 0 Å². The van der Waals surface area contributed by atoms with Crippen LogP contribution in [0, 0.1) is 10.1 Å². The molecule has 4 N–H and O–H groups in total. The van der Waals surface area contributed by atoms with Gasteiger partial charge in [0.15, 0.2) is 0 Å². The molecule has 86 valence electrons. The number of carbonyl (C=O) groups is 1. The molecule has 0 saturated carbocycles. The summed E-state index contributed by atoms with van der Waals surface area (Å²) in [4.78, 5) is 20.5. The summed E-state index contributed by atoms with van der Waals surface area (Å²) in [6.07, 6.45) is -1.61. The number of carboxylic acids is 1. The minimum Gasteiger partial charge on any atom is -0.480 e. The van der Waals surface area contributed by atoms with Gasteiger partial charge in [-0.2, -0.15) is 0 Å². The molecule has 7 nitrogen and oxygen atoms in total. The largest absolute Gasteiger partial charge is 0.480 e. The molecule has 0 radical (unpaired) electrons. The highest BCUT2D eigenvalue weighted by Crippen LogP contribution is 2.26. The van der Waals surface area contributed by atoms with Crippen LogP contribution in [-0.2, 0) is 4.79 Å². The lowest BCUT2D eigenvalue weighted by atomic mass is 10.0. The number of rotatable bonds is 4. The summed E-state index contributed by atoms with van der Waals surface area (Å²) < 4.78 is 0. The number of carboxylic acid groups (broad SMARTS) is 1. The van der Waals surface area contributed by atoms with E-state index in [-0.39, 0.29) is 11.3 Å². The Bertz CT molecular complexity index is 420. The fraction of sp³-hybridized carbons (Fsp3) is 0.222. The first kappa shape index (κ1) is 12.1. The highest BCUT2D eigenvalue weighted by Gasteiger charge is 2.28. The summed E-state index contributed by atoms with van der Waals surface area (Å²) in [5.41, 5.74) is 4.73. The van der Waals surface area contributed by atoms with Gasteiger partial charge in [-0.15, -0.1) is 0 Å². The average molecular weight is 226 g/mol. The minimum atomic E-state index is -1.61. The van der Waals surface area contributed by atoms with Crippen molar-refractivity contribution in [1.29, 1.82) is 0 Å². The van der Waals surface area contributed by atoms with Crippen LogP contribution in [0.2, 0.25) is 0 Å². The van der Waals surface area contributed by atoms with Gasteiger partial charge in [-0.1, -0.05) is 12.1 Å². The maximum absolute atomic E-state index is 10.6. The number of aliphatic carboxylic acids is 1. The van der Waals surface area contributed by atoms with Gasteiger partial charge in [0.1, 0.15) is 12.1 Å². The second-order valence-corrected chi connectivity index (χ2v) is 3.12. The molecule has 0 aromatic heterocycles. The molecule has 0 aliphatic carbocycles.